The molecule has 0 N–H and O–H groups in total. The Balaban J connectivity index is 1.70. The van der Waals surface area contributed by atoms with E-state index in [-0.39, 0.29) is 0 Å². The van der Waals surface area contributed by atoms with Crippen molar-refractivity contribution in [1.82, 2.24) is 9.80 Å². The summed E-state index contributed by atoms with van der Waals surface area (Å²) in [6, 6.07) is 23.2. The predicted octanol–water partition coefficient (Wildman–Crippen LogP) is 4.95. The molecule has 0 radical (unpaired) electrons. The van der Waals surface area contributed by atoms with Gasteiger partial charge < -0.3 is 0 Å². The minimum Gasteiger partial charge on any atom is -0.295 e. The Morgan fingerprint density at radius 1 is 0.680 bits per heavy atom. The van der Waals surface area contributed by atoms with Crippen LogP contribution in [0.2, 0.25) is 0 Å². The lowest BCUT2D eigenvalue weighted by atomic mass is 10.1. The van der Waals surface area contributed by atoms with Gasteiger partial charge in [0.2, 0.25) is 0 Å². The van der Waals surface area contributed by atoms with Crippen molar-refractivity contribution in [3.63, 3.8) is 0 Å². The van der Waals surface area contributed by atoms with Gasteiger partial charge in [-0.15, -0.1) is 0 Å². The minimum absolute atomic E-state index is 0.675. The normalized spacial score (nSPS) is 20.5. The summed E-state index contributed by atoms with van der Waals surface area (Å²) in [5.74, 6) is 0. The summed E-state index contributed by atoms with van der Waals surface area (Å²) >= 11 is 0. The summed E-state index contributed by atoms with van der Waals surface area (Å²) in [7, 11) is 0. The Labute approximate surface area is 153 Å². The third kappa shape index (κ3) is 4.71. The first-order valence-corrected chi connectivity index (χ1v) is 9.87. The first-order chi connectivity index (χ1) is 12.3. The van der Waals surface area contributed by atoms with Crippen molar-refractivity contribution >= 4 is 0 Å². The van der Waals surface area contributed by atoms with Gasteiger partial charge in [0.05, 0.1) is 0 Å². The molecule has 2 atom stereocenters. The van der Waals surface area contributed by atoms with Gasteiger partial charge in [0.25, 0.3) is 0 Å². The van der Waals surface area contributed by atoms with E-state index in [1.807, 2.05) is 0 Å². The van der Waals surface area contributed by atoms with Crippen LogP contribution in [0.25, 0.3) is 0 Å². The zero-order chi connectivity index (χ0) is 17.5. The molecule has 0 saturated heterocycles. The van der Waals surface area contributed by atoms with Crippen LogP contribution < -0.4 is 0 Å². The van der Waals surface area contributed by atoms with Gasteiger partial charge in [-0.3, -0.25) is 9.80 Å². The molecule has 1 aliphatic carbocycles. The third-order valence-electron chi connectivity index (χ3n) is 5.65. The van der Waals surface area contributed by atoms with Crippen molar-refractivity contribution < 1.29 is 0 Å². The maximum atomic E-state index is 2.70. The minimum atomic E-state index is 0.675. The zero-order valence-corrected chi connectivity index (χ0v) is 15.8. The molecule has 0 heterocycles. The Morgan fingerprint density at radius 2 is 1.08 bits per heavy atom. The first kappa shape index (κ1) is 18.2. The maximum Gasteiger partial charge on any atom is 0.0255 e. The monoisotopic (exact) mass is 336 g/mol. The highest BCUT2D eigenvalue weighted by Crippen LogP contribution is 2.30. The molecule has 1 aliphatic rings. The second-order valence-electron chi connectivity index (χ2n) is 7.16. The lowest BCUT2D eigenvalue weighted by Crippen LogP contribution is -2.48. The van der Waals surface area contributed by atoms with Crippen LogP contribution in [0.1, 0.15) is 44.2 Å². The van der Waals surface area contributed by atoms with Crippen molar-refractivity contribution in [3.8, 4) is 0 Å². The van der Waals surface area contributed by atoms with Gasteiger partial charge in [-0.05, 0) is 37.1 Å². The van der Waals surface area contributed by atoms with E-state index in [1.165, 1.54) is 30.4 Å². The lowest BCUT2D eigenvalue weighted by molar-refractivity contribution is 0.0930. The molecule has 0 bridgehead atoms. The van der Waals surface area contributed by atoms with E-state index >= 15 is 0 Å². The molecule has 1 saturated carbocycles. The fourth-order valence-corrected chi connectivity index (χ4v) is 4.34. The Bertz CT molecular complexity index is 555. The highest BCUT2D eigenvalue weighted by Gasteiger charge is 2.34. The van der Waals surface area contributed by atoms with Crippen LogP contribution in [-0.2, 0) is 13.1 Å². The molecule has 0 aliphatic heterocycles. The van der Waals surface area contributed by atoms with Gasteiger partial charge in [0.15, 0.2) is 0 Å². The Hall–Kier alpha value is -1.64. The predicted molar refractivity (Wildman–Crippen MR) is 106 cm³/mol. The molecule has 0 amide bonds. The van der Waals surface area contributed by atoms with Crippen molar-refractivity contribution in [2.75, 3.05) is 13.1 Å². The molecular weight excluding hydrogens is 304 g/mol. The Kier molecular flexibility index (Phi) is 6.66. The topological polar surface area (TPSA) is 6.48 Å². The third-order valence-corrected chi connectivity index (χ3v) is 5.65. The number of hydrogen-bond acceptors (Lipinski definition) is 2. The van der Waals surface area contributed by atoms with E-state index in [2.05, 4.69) is 84.3 Å². The van der Waals surface area contributed by atoms with E-state index in [9.17, 15) is 0 Å². The van der Waals surface area contributed by atoms with Crippen molar-refractivity contribution in [2.45, 2.75) is 58.3 Å². The van der Waals surface area contributed by atoms with Crippen molar-refractivity contribution in [3.05, 3.63) is 71.8 Å². The molecule has 0 aromatic heterocycles. The quantitative estimate of drug-likeness (QED) is 0.673. The smallest absolute Gasteiger partial charge is 0.0255 e. The summed E-state index contributed by atoms with van der Waals surface area (Å²) in [6.45, 7) is 9.01. The summed E-state index contributed by atoms with van der Waals surface area (Å²) < 4.78 is 0. The van der Waals surface area contributed by atoms with Gasteiger partial charge >= 0.3 is 0 Å². The highest BCUT2D eigenvalue weighted by molar-refractivity contribution is 5.16. The Morgan fingerprint density at radius 3 is 1.44 bits per heavy atom. The molecule has 1 fully saturated rings. The first-order valence-electron chi connectivity index (χ1n) is 9.87. The molecular formula is C23H32N2. The summed E-state index contributed by atoms with van der Waals surface area (Å²) in [5, 5.41) is 0. The molecule has 2 unspecified atom stereocenters. The van der Waals surface area contributed by atoms with Crippen LogP contribution in [0.4, 0.5) is 0 Å². The summed E-state index contributed by atoms with van der Waals surface area (Å²) in [5.41, 5.74) is 2.86. The number of likely N-dealkylation sites (N-methyl/N-ethyl adjacent to an activating group) is 2. The van der Waals surface area contributed by atoms with Gasteiger partial charge in [-0.2, -0.15) is 0 Å². The van der Waals surface area contributed by atoms with E-state index in [1.54, 1.807) is 0 Å². The van der Waals surface area contributed by atoms with Gasteiger partial charge in [0, 0.05) is 25.2 Å². The van der Waals surface area contributed by atoms with Crippen LogP contribution in [0, 0.1) is 0 Å². The van der Waals surface area contributed by atoms with Crippen molar-refractivity contribution in [1.29, 1.82) is 0 Å². The molecule has 3 rings (SSSR count). The maximum absolute atomic E-state index is 2.70. The molecule has 2 heteroatoms. The fourth-order valence-electron chi connectivity index (χ4n) is 4.34. The average Bonchev–Trinajstić information content (AvgIpc) is 3.15. The largest absolute Gasteiger partial charge is 0.295 e. The molecule has 0 spiro atoms. The second-order valence-corrected chi connectivity index (χ2v) is 7.16. The lowest BCUT2D eigenvalue weighted by Gasteiger charge is -2.38. The number of rotatable bonds is 8. The van der Waals surface area contributed by atoms with E-state index in [4.69, 9.17) is 0 Å². The average molecular weight is 337 g/mol. The van der Waals surface area contributed by atoms with Gasteiger partial charge in [-0.25, -0.2) is 0 Å². The fraction of sp³-hybridized carbons (Fsp3) is 0.478. The summed E-state index contributed by atoms with van der Waals surface area (Å²) in [6.07, 6.45) is 4.01. The molecule has 2 nitrogen and oxygen atoms in total. The van der Waals surface area contributed by atoms with Crippen LogP contribution in [0.15, 0.2) is 60.7 Å². The van der Waals surface area contributed by atoms with Crippen LogP contribution in [0.5, 0.6) is 0 Å². The standard InChI is InChI=1S/C23H32N2/c1-3-24(18-20-12-7-5-8-13-20)22-16-11-17-23(22)25(4-2)19-21-14-9-6-10-15-21/h5-10,12-15,22-23H,3-4,11,16-19H2,1-2H3. The number of benzene rings is 2. The molecule has 25 heavy (non-hydrogen) atoms. The molecule has 134 valence electrons. The summed E-state index contributed by atoms with van der Waals surface area (Å²) in [4.78, 5) is 5.39. The highest BCUT2D eigenvalue weighted by atomic mass is 15.2. The van der Waals surface area contributed by atoms with Crippen LogP contribution in [-0.4, -0.2) is 35.0 Å². The number of hydrogen-bond donors (Lipinski definition) is 0. The SMILES string of the molecule is CCN(Cc1ccccc1)C1CCCC1N(CC)Cc1ccccc1. The molecule has 2 aromatic carbocycles. The van der Waals surface area contributed by atoms with E-state index < -0.39 is 0 Å². The van der Waals surface area contributed by atoms with Gasteiger partial charge in [0.1, 0.15) is 0 Å². The second kappa shape index (κ2) is 9.17. The van der Waals surface area contributed by atoms with E-state index in [0.717, 1.165) is 26.2 Å². The number of nitrogens with zero attached hydrogens (tertiary/aromatic N) is 2. The van der Waals surface area contributed by atoms with Crippen molar-refractivity contribution in [2.24, 2.45) is 0 Å². The van der Waals surface area contributed by atoms with E-state index in [0.29, 0.717) is 12.1 Å². The molecule has 2 aromatic rings. The van der Waals surface area contributed by atoms with Crippen LogP contribution >= 0.6 is 0 Å². The van der Waals surface area contributed by atoms with Crippen LogP contribution in [0.3, 0.4) is 0 Å². The zero-order valence-electron chi connectivity index (χ0n) is 15.8. The van der Waals surface area contributed by atoms with Gasteiger partial charge in [-0.1, -0.05) is 80.9 Å².